The molecule has 0 aliphatic rings. The minimum Gasteiger partial charge on any atom is -0.497 e. The van der Waals surface area contributed by atoms with E-state index in [1.165, 1.54) is 32.5 Å². The van der Waals surface area contributed by atoms with Crippen LogP contribution in [0.5, 0.6) is 28.9 Å². The summed E-state index contributed by atoms with van der Waals surface area (Å²) in [6.07, 6.45) is 1.66. The van der Waals surface area contributed by atoms with Gasteiger partial charge in [-0.05, 0) is 92.0 Å². The van der Waals surface area contributed by atoms with E-state index in [1.54, 1.807) is 48.5 Å². The van der Waals surface area contributed by atoms with Crippen molar-refractivity contribution in [3.8, 4) is 40.3 Å². The van der Waals surface area contributed by atoms with Gasteiger partial charge in [0.2, 0.25) is 5.75 Å². The summed E-state index contributed by atoms with van der Waals surface area (Å²) in [7, 11) is -1.61. The monoisotopic (exact) mass is 988 g/mol. The Bertz CT molecular complexity index is 2390. The minimum absolute atomic E-state index is 0.0508. The molecule has 0 radical (unpaired) electrons. The number of hydrogen-bond donors (Lipinski definition) is 1. The Labute approximate surface area is 398 Å². The molecule has 2 heterocycles. The van der Waals surface area contributed by atoms with Crippen molar-refractivity contribution >= 4 is 28.2 Å². The molecule has 4 aromatic rings. The Kier molecular flexibility index (Phi) is 21.5. The molecule has 0 amide bonds. The number of pyridine rings is 1. The van der Waals surface area contributed by atoms with Gasteiger partial charge in [0.15, 0.2) is 34.3 Å². The van der Waals surface area contributed by atoms with E-state index in [4.69, 9.17) is 37.9 Å². The van der Waals surface area contributed by atoms with Crippen LogP contribution in [-0.2, 0) is 44.1 Å². The molecule has 1 unspecified atom stereocenters. The predicted octanol–water partition coefficient (Wildman–Crippen LogP) is 8.04. The van der Waals surface area contributed by atoms with E-state index in [2.05, 4.69) is 29.3 Å². The first-order chi connectivity index (χ1) is 33.0. The predicted molar refractivity (Wildman–Crippen MR) is 243 cm³/mol. The molecule has 0 aliphatic carbocycles. The van der Waals surface area contributed by atoms with Crippen LogP contribution in [0.3, 0.4) is 0 Å². The van der Waals surface area contributed by atoms with Gasteiger partial charge in [-0.25, -0.2) is 19.6 Å². The smallest absolute Gasteiger partial charge is 0.497 e. The van der Waals surface area contributed by atoms with Gasteiger partial charge in [-0.15, -0.1) is 20.2 Å². The van der Waals surface area contributed by atoms with Crippen LogP contribution in [0.25, 0.3) is 11.4 Å². The lowest BCUT2D eigenvalue weighted by molar-refractivity contribution is -0.757. The number of para-hydroxylation sites is 2. The van der Waals surface area contributed by atoms with E-state index >= 15 is 0 Å². The van der Waals surface area contributed by atoms with Crippen molar-refractivity contribution < 1.29 is 75.8 Å². The molecule has 0 saturated heterocycles. The van der Waals surface area contributed by atoms with Gasteiger partial charge in [0, 0.05) is 11.8 Å². The fraction of sp³-hybridized carbons (Fsp3) is 0.477. The van der Waals surface area contributed by atoms with Crippen molar-refractivity contribution in [2.75, 3.05) is 58.6 Å². The maximum absolute atomic E-state index is 14.1. The van der Waals surface area contributed by atoms with Crippen LogP contribution in [0.2, 0.25) is 0 Å². The lowest BCUT2D eigenvalue weighted by atomic mass is 9.88. The largest absolute Gasteiger partial charge is 0.508 e. The number of aromatic nitrogens is 3. The molecule has 0 fully saturated rings. The zero-order valence-electron chi connectivity index (χ0n) is 38.8. The molecule has 0 aliphatic heterocycles. The van der Waals surface area contributed by atoms with E-state index in [1.807, 2.05) is 20.8 Å². The van der Waals surface area contributed by atoms with Gasteiger partial charge in [-0.3, -0.25) is 4.72 Å². The maximum atomic E-state index is 14.1. The molecule has 0 spiro atoms. The summed E-state index contributed by atoms with van der Waals surface area (Å²) < 4.78 is 75.1. The zero-order valence-corrected chi connectivity index (χ0v) is 39.6. The third-order valence-electron chi connectivity index (χ3n) is 9.54. The average molecular weight is 989 g/mol. The first-order valence-electron chi connectivity index (χ1n) is 21.7. The summed E-state index contributed by atoms with van der Waals surface area (Å²) in [6, 6.07) is 16.0. The van der Waals surface area contributed by atoms with Crippen LogP contribution in [0.4, 0.5) is 15.4 Å². The minimum atomic E-state index is -4.50. The Balaban J connectivity index is 1.65. The maximum Gasteiger partial charge on any atom is 0.508 e. The molecule has 0 saturated carbocycles. The van der Waals surface area contributed by atoms with Gasteiger partial charge >= 0.3 is 12.3 Å². The number of hydrogen-bond acceptors (Lipinski definition) is 21. The molecule has 25 heteroatoms. The number of benzene rings is 2. The standard InChI is InChI=1S/C44H56N6O18S/c1-44(2,3)32-20-23-37(45-28-32)69(57,58)48-40-38(68-36-17-11-10-16-35(36)60-5)41(47-39(46-40)31-18-21-33(59-4)22-19-31)63-29-34(67-43(52)62-25-13-7-9-15-27-66-50(55)56)30-64-42(51)61-24-12-6-8-14-26-65-49(53)54/h10-11,16-23,28,34H,6-9,12-15,24-27,29-30H2,1-5H3,(H,46,47,48). The summed E-state index contributed by atoms with van der Waals surface area (Å²) in [6.45, 7) is 4.37. The molecule has 24 nitrogen and oxygen atoms in total. The van der Waals surface area contributed by atoms with Gasteiger partial charge < -0.3 is 47.6 Å². The topological polar surface area (TPSA) is 298 Å². The molecule has 69 heavy (non-hydrogen) atoms. The second-order valence-corrected chi connectivity index (χ2v) is 17.4. The zero-order chi connectivity index (χ0) is 50.2. The number of carbonyl (C=O) groups excluding carboxylic acids is 2. The molecule has 376 valence electrons. The molecule has 1 N–H and O–H groups in total. The molecule has 0 bridgehead atoms. The normalized spacial score (nSPS) is 11.6. The SMILES string of the molecule is COc1ccc(-c2nc(NS(=O)(=O)c3ccc(C(C)(C)C)cn3)c(Oc3ccccc3OC)c(OCC(COC(=O)OCCCCCCO[N+](=O)[O-])OC(=O)OCCCCCCO[N+](=O)[O-])n2)cc1. The Hall–Kier alpha value is -7.44. The lowest BCUT2D eigenvalue weighted by Crippen LogP contribution is -2.32. The van der Waals surface area contributed by atoms with Gasteiger partial charge in [0.05, 0.1) is 40.6 Å². The Morgan fingerprint density at radius 3 is 1.86 bits per heavy atom. The molecular weight excluding hydrogens is 933 g/mol. The van der Waals surface area contributed by atoms with Crippen LogP contribution >= 0.6 is 0 Å². The highest BCUT2D eigenvalue weighted by Gasteiger charge is 2.28. The van der Waals surface area contributed by atoms with E-state index in [0.29, 0.717) is 62.7 Å². The first kappa shape index (κ1) is 54.2. The van der Waals surface area contributed by atoms with Gasteiger partial charge in [0.1, 0.15) is 19.0 Å². The van der Waals surface area contributed by atoms with Crippen molar-refractivity contribution in [2.24, 2.45) is 0 Å². The van der Waals surface area contributed by atoms with Crippen molar-refractivity contribution in [3.63, 3.8) is 0 Å². The van der Waals surface area contributed by atoms with E-state index in [-0.39, 0.29) is 65.8 Å². The van der Waals surface area contributed by atoms with Crippen molar-refractivity contribution in [2.45, 2.75) is 88.7 Å². The highest BCUT2D eigenvalue weighted by Crippen LogP contribution is 2.42. The van der Waals surface area contributed by atoms with E-state index in [9.17, 15) is 38.2 Å². The third-order valence-corrected chi connectivity index (χ3v) is 10.8. The van der Waals surface area contributed by atoms with Crippen LogP contribution in [-0.4, -0.2) is 106 Å². The summed E-state index contributed by atoms with van der Waals surface area (Å²) in [4.78, 5) is 68.4. The summed E-state index contributed by atoms with van der Waals surface area (Å²) in [5, 5.41) is 18.6. The van der Waals surface area contributed by atoms with Crippen LogP contribution < -0.4 is 23.7 Å². The number of nitrogens with one attached hydrogen (secondary N) is 1. The van der Waals surface area contributed by atoms with Gasteiger partial charge in [-0.2, -0.15) is 13.4 Å². The molecule has 2 aromatic heterocycles. The van der Waals surface area contributed by atoms with E-state index in [0.717, 1.165) is 5.56 Å². The fourth-order valence-corrected chi connectivity index (χ4v) is 6.84. The lowest BCUT2D eigenvalue weighted by Gasteiger charge is -2.21. The summed E-state index contributed by atoms with van der Waals surface area (Å²) in [5.74, 6) is -0.348. The molecule has 1 atom stereocenters. The second kappa shape index (κ2) is 27.4. The highest BCUT2D eigenvalue weighted by atomic mass is 32.2. The number of nitrogens with zero attached hydrogens (tertiary/aromatic N) is 5. The number of carbonyl (C=O) groups is 2. The number of anilines is 1. The molecular formula is C44H56N6O18S. The van der Waals surface area contributed by atoms with Crippen LogP contribution in [0.1, 0.15) is 77.7 Å². The summed E-state index contributed by atoms with van der Waals surface area (Å²) >= 11 is 0. The summed E-state index contributed by atoms with van der Waals surface area (Å²) in [5.41, 5.74) is 0.844. The van der Waals surface area contributed by atoms with Crippen molar-refractivity contribution in [1.29, 1.82) is 0 Å². The van der Waals surface area contributed by atoms with Crippen LogP contribution in [0.15, 0.2) is 71.9 Å². The molecule has 4 rings (SSSR count). The third kappa shape index (κ3) is 19.0. The number of methoxy groups -OCH3 is 2. The fourth-order valence-electron chi connectivity index (χ4n) is 5.90. The van der Waals surface area contributed by atoms with Gasteiger partial charge in [0.25, 0.3) is 26.1 Å². The number of rotatable bonds is 30. The Morgan fingerprint density at radius 2 is 1.30 bits per heavy atom. The van der Waals surface area contributed by atoms with Crippen molar-refractivity contribution in [1.82, 2.24) is 15.0 Å². The average Bonchev–Trinajstić information content (AvgIpc) is 3.31. The number of unbranched alkanes of at least 4 members (excludes halogenated alkanes) is 6. The van der Waals surface area contributed by atoms with Crippen molar-refractivity contribution in [3.05, 3.63) is 92.7 Å². The first-order valence-corrected chi connectivity index (χ1v) is 23.1. The van der Waals surface area contributed by atoms with Gasteiger partial charge in [-0.1, -0.05) is 51.8 Å². The number of sulfonamides is 1. The van der Waals surface area contributed by atoms with E-state index < -0.39 is 57.6 Å². The van der Waals surface area contributed by atoms with Crippen LogP contribution in [0, 0.1) is 20.2 Å². The quantitative estimate of drug-likeness (QED) is 0.0224. The second-order valence-electron chi connectivity index (χ2n) is 15.8. The Morgan fingerprint density at radius 1 is 0.710 bits per heavy atom. The number of ether oxygens (including phenoxy) is 8. The highest BCUT2D eigenvalue weighted by molar-refractivity contribution is 7.92. The molecule has 2 aromatic carbocycles.